The Kier molecular flexibility index (Phi) is 3.54. The van der Waals surface area contributed by atoms with E-state index in [2.05, 4.69) is 23.9 Å². The molecule has 0 fully saturated rings. The average Bonchev–Trinajstić information content (AvgIpc) is 3.05. The van der Waals surface area contributed by atoms with E-state index in [1.807, 2.05) is 22.9 Å². The number of ether oxygens (including phenoxy) is 1. The number of hydrogen-bond acceptors (Lipinski definition) is 4. The van der Waals surface area contributed by atoms with E-state index in [9.17, 15) is 5.11 Å². The van der Waals surface area contributed by atoms with Gasteiger partial charge in [-0.05, 0) is 30.5 Å². The van der Waals surface area contributed by atoms with Crippen LogP contribution in [0, 0.1) is 0 Å². The summed E-state index contributed by atoms with van der Waals surface area (Å²) in [5.41, 5.74) is 3.30. The van der Waals surface area contributed by atoms with Crippen molar-refractivity contribution in [2.45, 2.75) is 45.6 Å². The molecule has 5 heteroatoms. The van der Waals surface area contributed by atoms with E-state index >= 15 is 0 Å². The summed E-state index contributed by atoms with van der Waals surface area (Å²) in [7, 11) is 0. The maximum atomic E-state index is 10.4. The molecular weight excluding hydrogens is 254 g/mol. The van der Waals surface area contributed by atoms with Crippen molar-refractivity contribution in [3.05, 3.63) is 47.0 Å². The summed E-state index contributed by atoms with van der Waals surface area (Å²) < 4.78 is 7.24. The molecule has 0 radical (unpaired) electrons. The number of nitrogens with zero attached hydrogens (tertiary/aromatic N) is 3. The van der Waals surface area contributed by atoms with E-state index in [4.69, 9.17) is 4.74 Å². The van der Waals surface area contributed by atoms with Gasteiger partial charge in [-0.25, -0.2) is 9.67 Å². The monoisotopic (exact) mass is 273 g/mol. The Bertz CT molecular complexity index is 607. The first-order chi connectivity index (χ1) is 9.65. The zero-order valence-electron chi connectivity index (χ0n) is 11.8. The molecule has 2 heterocycles. The maximum absolute atomic E-state index is 10.4. The van der Waals surface area contributed by atoms with Crippen LogP contribution >= 0.6 is 0 Å². The highest BCUT2D eigenvalue weighted by Crippen LogP contribution is 2.25. The van der Waals surface area contributed by atoms with Gasteiger partial charge in [0.05, 0.1) is 19.3 Å². The lowest BCUT2D eigenvalue weighted by atomic mass is 10.0. The third kappa shape index (κ3) is 2.46. The molecule has 0 amide bonds. The lowest BCUT2D eigenvalue weighted by Crippen LogP contribution is -2.12. The van der Waals surface area contributed by atoms with Crippen molar-refractivity contribution >= 4 is 0 Å². The zero-order chi connectivity index (χ0) is 14.1. The van der Waals surface area contributed by atoms with Gasteiger partial charge in [-0.3, -0.25) is 0 Å². The van der Waals surface area contributed by atoms with Crippen LogP contribution < -0.4 is 0 Å². The molecule has 0 saturated heterocycles. The molecular formula is C15H19N3O2. The summed E-state index contributed by atoms with van der Waals surface area (Å²) in [4.78, 5) is 4.24. The molecule has 2 aromatic rings. The van der Waals surface area contributed by atoms with Crippen LogP contribution in [0.2, 0.25) is 0 Å². The Balaban J connectivity index is 1.79. The van der Waals surface area contributed by atoms with E-state index in [1.165, 1.54) is 11.1 Å². The quantitative estimate of drug-likeness (QED) is 0.927. The van der Waals surface area contributed by atoms with Crippen LogP contribution in [0.1, 0.15) is 48.5 Å². The summed E-state index contributed by atoms with van der Waals surface area (Å²) >= 11 is 0. The highest BCUT2D eigenvalue weighted by molar-refractivity contribution is 5.34. The molecule has 0 spiro atoms. The average molecular weight is 273 g/mol. The Morgan fingerprint density at radius 2 is 2.10 bits per heavy atom. The molecule has 5 nitrogen and oxygen atoms in total. The first-order valence-corrected chi connectivity index (χ1v) is 6.91. The zero-order valence-corrected chi connectivity index (χ0v) is 11.8. The molecule has 1 aliphatic heterocycles. The maximum Gasteiger partial charge on any atom is 0.138 e. The molecule has 20 heavy (non-hydrogen) atoms. The normalized spacial score (nSPS) is 15.6. The Hall–Kier alpha value is -1.72. The molecule has 106 valence electrons. The first kappa shape index (κ1) is 13.3. The van der Waals surface area contributed by atoms with Crippen LogP contribution in [0.15, 0.2) is 24.5 Å². The van der Waals surface area contributed by atoms with Crippen molar-refractivity contribution in [2.24, 2.45) is 0 Å². The predicted octanol–water partition coefficient (Wildman–Crippen LogP) is 2.17. The van der Waals surface area contributed by atoms with E-state index in [1.54, 1.807) is 6.33 Å². The van der Waals surface area contributed by atoms with Gasteiger partial charge in [0, 0.05) is 12.5 Å². The Morgan fingerprint density at radius 3 is 2.90 bits per heavy atom. The molecule has 1 aromatic carbocycles. The number of aromatic nitrogens is 3. The lowest BCUT2D eigenvalue weighted by Gasteiger charge is -2.14. The highest BCUT2D eigenvalue weighted by atomic mass is 16.5. The second-order valence-corrected chi connectivity index (χ2v) is 5.46. The minimum absolute atomic E-state index is 0.244. The van der Waals surface area contributed by atoms with E-state index < -0.39 is 6.10 Å². The van der Waals surface area contributed by atoms with E-state index in [-0.39, 0.29) is 6.04 Å². The smallest absolute Gasteiger partial charge is 0.138 e. The molecule has 1 aromatic heterocycles. The van der Waals surface area contributed by atoms with Crippen LogP contribution in [-0.4, -0.2) is 19.9 Å². The fourth-order valence-corrected chi connectivity index (χ4v) is 2.54. The molecule has 3 rings (SSSR count). The molecule has 1 aliphatic rings. The fraction of sp³-hybridized carbons (Fsp3) is 0.467. The second kappa shape index (κ2) is 5.34. The van der Waals surface area contributed by atoms with Gasteiger partial charge in [-0.2, -0.15) is 5.10 Å². The molecule has 1 N–H and O–H groups in total. The number of aliphatic hydroxyl groups excluding tert-OH is 1. The lowest BCUT2D eigenvalue weighted by molar-refractivity contribution is 0.134. The third-order valence-corrected chi connectivity index (χ3v) is 3.64. The van der Waals surface area contributed by atoms with Crippen LogP contribution in [0.3, 0.4) is 0 Å². The van der Waals surface area contributed by atoms with Gasteiger partial charge in [0.15, 0.2) is 0 Å². The number of rotatable bonds is 4. The van der Waals surface area contributed by atoms with Crippen molar-refractivity contribution in [2.75, 3.05) is 0 Å². The third-order valence-electron chi connectivity index (χ3n) is 3.64. The minimum Gasteiger partial charge on any atom is -0.388 e. The number of hydrogen-bond donors (Lipinski definition) is 1. The first-order valence-electron chi connectivity index (χ1n) is 6.91. The van der Waals surface area contributed by atoms with Crippen molar-refractivity contribution in [1.82, 2.24) is 14.8 Å². The summed E-state index contributed by atoms with van der Waals surface area (Å²) in [5, 5.41) is 14.6. The van der Waals surface area contributed by atoms with Crippen LogP contribution in [0.25, 0.3) is 0 Å². The van der Waals surface area contributed by atoms with Gasteiger partial charge in [0.2, 0.25) is 0 Å². The topological polar surface area (TPSA) is 60.2 Å². The highest BCUT2D eigenvalue weighted by Gasteiger charge is 2.17. The Labute approximate surface area is 118 Å². The molecule has 0 saturated carbocycles. The van der Waals surface area contributed by atoms with Gasteiger partial charge in [-0.1, -0.05) is 18.2 Å². The molecule has 1 unspecified atom stereocenters. The van der Waals surface area contributed by atoms with Crippen molar-refractivity contribution in [3.8, 4) is 0 Å². The fourth-order valence-electron chi connectivity index (χ4n) is 2.54. The van der Waals surface area contributed by atoms with Crippen molar-refractivity contribution in [1.29, 1.82) is 0 Å². The number of benzene rings is 1. The number of aliphatic hydroxyl groups is 1. The molecule has 0 bridgehead atoms. The van der Waals surface area contributed by atoms with Gasteiger partial charge in [-0.15, -0.1) is 0 Å². The van der Waals surface area contributed by atoms with Crippen LogP contribution in [-0.2, 0) is 24.4 Å². The summed E-state index contributed by atoms with van der Waals surface area (Å²) in [6.45, 7) is 5.42. The number of fused-ring (bicyclic) bond motifs is 1. The van der Waals surface area contributed by atoms with Gasteiger partial charge in [0.1, 0.15) is 12.2 Å². The van der Waals surface area contributed by atoms with Crippen LogP contribution in [0.5, 0.6) is 0 Å². The van der Waals surface area contributed by atoms with Gasteiger partial charge in [0.25, 0.3) is 0 Å². The van der Waals surface area contributed by atoms with Crippen molar-refractivity contribution < 1.29 is 9.84 Å². The molecule has 1 atom stereocenters. The van der Waals surface area contributed by atoms with E-state index in [0.29, 0.717) is 19.6 Å². The predicted molar refractivity (Wildman–Crippen MR) is 74.0 cm³/mol. The van der Waals surface area contributed by atoms with Crippen LogP contribution in [0.4, 0.5) is 0 Å². The van der Waals surface area contributed by atoms with Gasteiger partial charge < -0.3 is 9.84 Å². The van der Waals surface area contributed by atoms with E-state index in [0.717, 1.165) is 11.4 Å². The minimum atomic E-state index is -0.567. The SMILES string of the molecule is CC(C)n1ncnc1CC(O)c1ccc2c(c1)COC2. The van der Waals surface area contributed by atoms with Gasteiger partial charge >= 0.3 is 0 Å². The summed E-state index contributed by atoms with van der Waals surface area (Å²) in [6, 6.07) is 6.28. The second-order valence-electron chi connectivity index (χ2n) is 5.46. The Morgan fingerprint density at radius 1 is 1.30 bits per heavy atom. The summed E-state index contributed by atoms with van der Waals surface area (Å²) in [5.74, 6) is 0.809. The summed E-state index contributed by atoms with van der Waals surface area (Å²) in [6.07, 6.45) is 1.44. The van der Waals surface area contributed by atoms with Crippen molar-refractivity contribution in [3.63, 3.8) is 0 Å². The largest absolute Gasteiger partial charge is 0.388 e. The standard InChI is InChI=1S/C15H19N3O2/c1-10(2)18-15(16-9-17-18)6-14(19)11-3-4-12-7-20-8-13(12)5-11/h3-5,9-10,14,19H,6-8H2,1-2H3. The molecule has 0 aliphatic carbocycles.